The zero-order chi connectivity index (χ0) is 22.5. The maximum absolute atomic E-state index is 13.0. The molecule has 0 aliphatic carbocycles. The van der Waals surface area contributed by atoms with Gasteiger partial charge in [-0.1, -0.05) is 12.1 Å². The first-order valence-electron chi connectivity index (χ1n) is 11.0. The molecule has 2 aliphatic rings. The fraction of sp³-hybridized carbons (Fsp3) is 0.478. The van der Waals surface area contributed by atoms with E-state index in [0.29, 0.717) is 18.7 Å². The Morgan fingerprint density at radius 1 is 1.19 bits per heavy atom. The predicted octanol–water partition coefficient (Wildman–Crippen LogP) is 2.05. The summed E-state index contributed by atoms with van der Waals surface area (Å²) in [6.45, 7) is 5.09. The first-order chi connectivity index (χ1) is 15.5. The molecule has 2 aliphatic heterocycles. The van der Waals surface area contributed by atoms with Gasteiger partial charge in [-0.3, -0.25) is 9.59 Å². The van der Waals surface area contributed by atoms with Crippen LogP contribution < -0.4 is 10.2 Å². The number of carbonyl (C=O) groups excluding carboxylic acids is 2. The van der Waals surface area contributed by atoms with Crippen molar-refractivity contribution in [1.82, 2.24) is 20.1 Å². The van der Waals surface area contributed by atoms with Gasteiger partial charge in [0.05, 0.1) is 17.7 Å². The van der Waals surface area contributed by atoms with Crippen molar-refractivity contribution in [2.45, 2.75) is 12.8 Å². The molecule has 32 heavy (non-hydrogen) atoms. The Morgan fingerprint density at radius 2 is 1.94 bits per heavy atom. The summed E-state index contributed by atoms with van der Waals surface area (Å²) in [6, 6.07) is 9.48. The van der Waals surface area contributed by atoms with Gasteiger partial charge in [0.2, 0.25) is 5.91 Å². The Kier molecular flexibility index (Phi) is 7.02. The van der Waals surface area contributed by atoms with Gasteiger partial charge in [-0.15, -0.1) is 11.3 Å². The Labute approximate surface area is 192 Å². The number of anilines is 1. The van der Waals surface area contributed by atoms with Crippen LogP contribution in [0.25, 0.3) is 11.3 Å². The second-order valence-electron chi connectivity index (χ2n) is 8.35. The first-order valence-corrected chi connectivity index (χ1v) is 11.9. The number of rotatable bonds is 5. The van der Waals surface area contributed by atoms with Crippen LogP contribution in [0.4, 0.5) is 5.13 Å². The Bertz CT molecular complexity index is 991. The second-order valence-corrected chi connectivity index (χ2v) is 9.19. The number of hydrogen-bond donors (Lipinski definition) is 1. The summed E-state index contributed by atoms with van der Waals surface area (Å²) in [6.07, 6.45) is 1.52. The van der Waals surface area contributed by atoms with Crippen molar-refractivity contribution in [1.29, 1.82) is 5.26 Å². The molecule has 0 saturated carbocycles. The number of nitriles is 1. The molecule has 1 aromatic carbocycles. The van der Waals surface area contributed by atoms with Gasteiger partial charge in [0.15, 0.2) is 5.13 Å². The molecule has 168 valence electrons. The smallest absolute Gasteiger partial charge is 0.253 e. The zero-order valence-corrected chi connectivity index (χ0v) is 19.1. The maximum Gasteiger partial charge on any atom is 0.253 e. The normalized spacial score (nSPS) is 19.4. The average Bonchev–Trinajstić information content (AvgIpc) is 3.33. The van der Waals surface area contributed by atoms with E-state index in [1.807, 2.05) is 30.3 Å². The van der Waals surface area contributed by atoms with Crippen LogP contribution in [0.15, 0.2) is 29.6 Å². The number of hydrogen-bond acceptors (Lipinski definition) is 7. The second kappa shape index (κ2) is 10.1. The summed E-state index contributed by atoms with van der Waals surface area (Å²) in [5.41, 5.74) is 2.53. The number of aromatic nitrogens is 1. The van der Waals surface area contributed by atoms with Gasteiger partial charge in [-0.2, -0.15) is 5.26 Å². The molecule has 3 heterocycles. The van der Waals surface area contributed by atoms with E-state index in [2.05, 4.69) is 27.5 Å². The van der Waals surface area contributed by atoms with Crippen molar-refractivity contribution < 1.29 is 9.59 Å². The molecule has 2 amide bonds. The fourth-order valence-electron chi connectivity index (χ4n) is 4.15. The van der Waals surface area contributed by atoms with Crippen LogP contribution in [0, 0.1) is 17.2 Å². The molecule has 8 nitrogen and oxygen atoms in total. The lowest BCUT2D eigenvalue weighted by Crippen LogP contribution is -2.45. The molecule has 0 bridgehead atoms. The zero-order valence-electron chi connectivity index (χ0n) is 18.3. The summed E-state index contributed by atoms with van der Waals surface area (Å²) < 4.78 is 0. The van der Waals surface area contributed by atoms with E-state index in [1.165, 1.54) is 0 Å². The monoisotopic (exact) mass is 452 g/mol. The molecule has 1 unspecified atom stereocenters. The van der Waals surface area contributed by atoms with Crippen molar-refractivity contribution in [2.75, 3.05) is 57.8 Å². The largest absolute Gasteiger partial charge is 0.346 e. The van der Waals surface area contributed by atoms with Crippen LogP contribution in [-0.4, -0.2) is 79.5 Å². The van der Waals surface area contributed by atoms with Gasteiger partial charge in [-0.05, 0) is 32.0 Å². The van der Waals surface area contributed by atoms with Crippen LogP contribution in [-0.2, 0) is 4.79 Å². The summed E-state index contributed by atoms with van der Waals surface area (Å²) in [5.74, 6) is -0.479. The summed E-state index contributed by atoms with van der Waals surface area (Å²) >= 11 is 1.66. The van der Waals surface area contributed by atoms with E-state index < -0.39 is 0 Å². The number of likely N-dealkylation sites (tertiary alicyclic amines) is 1. The summed E-state index contributed by atoms with van der Waals surface area (Å²) in [7, 11) is 2.14. The highest BCUT2D eigenvalue weighted by molar-refractivity contribution is 7.14. The molecular formula is C23H28N6O2S. The van der Waals surface area contributed by atoms with E-state index in [-0.39, 0.29) is 24.3 Å². The molecule has 1 N–H and O–H groups in total. The molecule has 0 spiro atoms. The predicted molar refractivity (Wildman–Crippen MR) is 125 cm³/mol. The minimum atomic E-state index is -0.261. The summed E-state index contributed by atoms with van der Waals surface area (Å²) in [5, 5.41) is 14.4. The SMILES string of the molecule is CN1CCN(c2nc(-c3ccc(C(=O)N4CCCC(C(=O)NCC#N)C4)cc3)cs2)CC1. The highest BCUT2D eigenvalue weighted by Gasteiger charge is 2.28. The van der Waals surface area contributed by atoms with Gasteiger partial charge in [0.1, 0.15) is 6.54 Å². The molecule has 9 heteroatoms. The van der Waals surface area contributed by atoms with Crippen molar-refractivity contribution in [2.24, 2.45) is 5.92 Å². The Hall–Kier alpha value is -2.96. The van der Waals surface area contributed by atoms with Gasteiger partial charge in [0, 0.05) is 55.8 Å². The van der Waals surface area contributed by atoms with Crippen LogP contribution in [0.3, 0.4) is 0 Å². The lowest BCUT2D eigenvalue weighted by atomic mass is 9.96. The maximum atomic E-state index is 13.0. The molecule has 1 aromatic heterocycles. The van der Waals surface area contributed by atoms with Crippen molar-refractivity contribution in [3.63, 3.8) is 0 Å². The van der Waals surface area contributed by atoms with Gasteiger partial charge < -0.3 is 20.0 Å². The summed E-state index contributed by atoms with van der Waals surface area (Å²) in [4.78, 5) is 36.4. The third-order valence-corrected chi connectivity index (χ3v) is 7.02. The number of thiazole rings is 1. The van der Waals surface area contributed by atoms with Crippen LogP contribution >= 0.6 is 11.3 Å². The van der Waals surface area contributed by atoms with E-state index >= 15 is 0 Å². The number of carbonyl (C=O) groups is 2. The van der Waals surface area contributed by atoms with Gasteiger partial charge >= 0.3 is 0 Å². The topological polar surface area (TPSA) is 92.6 Å². The standard InChI is InChI=1S/C23H28N6O2S/c1-27-11-13-28(14-12-27)23-26-20(16-32-23)17-4-6-18(7-5-17)22(31)29-10-2-3-19(15-29)21(30)25-9-8-24/h4-7,16,19H,2-3,9-15H2,1H3,(H,25,30). The molecule has 0 radical (unpaired) electrons. The number of benzene rings is 1. The number of likely N-dealkylation sites (N-methyl/N-ethyl adjacent to an activating group) is 1. The Balaban J connectivity index is 1.39. The molecule has 2 saturated heterocycles. The molecular weight excluding hydrogens is 424 g/mol. The van der Waals surface area contributed by atoms with E-state index in [4.69, 9.17) is 10.2 Å². The number of nitrogens with zero attached hydrogens (tertiary/aromatic N) is 5. The lowest BCUT2D eigenvalue weighted by molar-refractivity contribution is -0.126. The average molecular weight is 453 g/mol. The number of piperidine rings is 1. The highest BCUT2D eigenvalue weighted by Crippen LogP contribution is 2.28. The van der Waals surface area contributed by atoms with Crippen LogP contribution in [0.1, 0.15) is 23.2 Å². The third-order valence-electron chi connectivity index (χ3n) is 6.11. The Morgan fingerprint density at radius 3 is 2.66 bits per heavy atom. The fourth-order valence-corrected chi connectivity index (χ4v) is 5.04. The molecule has 2 fully saturated rings. The van der Waals surface area contributed by atoms with Gasteiger partial charge in [-0.25, -0.2) is 4.98 Å². The van der Waals surface area contributed by atoms with E-state index in [0.717, 1.165) is 55.4 Å². The molecule has 1 atom stereocenters. The molecule has 2 aromatic rings. The van der Waals surface area contributed by atoms with Crippen LogP contribution in [0.5, 0.6) is 0 Å². The quantitative estimate of drug-likeness (QED) is 0.698. The van der Waals surface area contributed by atoms with Crippen molar-refractivity contribution in [3.8, 4) is 17.3 Å². The number of amides is 2. The number of piperazine rings is 1. The van der Waals surface area contributed by atoms with Crippen molar-refractivity contribution >= 4 is 28.3 Å². The first kappa shape index (κ1) is 22.2. The number of nitrogens with one attached hydrogen (secondary N) is 1. The van der Waals surface area contributed by atoms with Gasteiger partial charge in [0.25, 0.3) is 5.91 Å². The van der Waals surface area contributed by atoms with Crippen LogP contribution in [0.2, 0.25) is 0 Å². The minimum absolute atomic E-state index is 0.00210. The lowest BCUT2D eigenvalue weighted by Gasteiger charge is -2.32. The van der Waals surface area contributed by atoms with E-state index in [1.54, 1.807) is 16.2 Å². The van der Waals surface area contributed by atoms with Crippen molar-refractivity contribution in [3.05, 3.63) is 35.2 Å². The highest BCUT2D eigenvalue weighted by atomic mass is 32.1. The minimum Gasteiger partial charge on any atom is -0.346 e. The third kappa shape index (κ3) is 5.09. The van der Waals surface area contributed by atoms with E-state index in [9.17, 15) is 9.59 Å². The molecule has 4 rings (SSSR count).